The van der Waals surface area contributed by atoms with Crippen molar-refractivity contribution in [1.29, 1.82) is 0 Å². The predicted octanol–water partition coefficient (Wildman–Crippen LogP) is 2.64. The Bertz CT molecular complexity index is 488. The highest BCUT2D eigenvalue weighted by Crippen LogP contribution is 2.43. The molecule has 0 spiro atoms. The second-order valence-corrected chi connectivity index (χ2v) is 6.49. The SMILES string of the molecule is O=C(O)CC1(Cc2nc(N3CCCCC3)no2)CCCC1. The largest absolute Gasteiger partial charge is 0.481 e. The molecule has 2 aliphatic rings. The van der Waals surface area contributed by atoms with E-state index in [9.17, 15) is 4.79 Å². The highest BCUT2D eigenvalue weighted by Gasteiger charge is 2.38. The summed E-state index contributed by atoms with van der Waals surface area (Å²) in [6.45, 7) is 1.97. The van der Waals surface area contributed by atoms with E-state index in [1.54, 1.807) is 0 Å². The molecule has 0 bridgehead atoms. The molecule has 1 aromatic rings. The smallest absolute Gasteiger partial charge is 0.303 e. The Balaban J connectivity index is 1.68. The normalized spacial score (nSPS) is 21.6. The van der Waals surface area contributed by atoms with E-state index in [2.05, 4.69) is 15.0 Å². The van der Waals surface area contributed by atoms with Crippen LogP contribution in [0, 0.1) is 5.41 Å². The first kappa shape index (κ1) is 14.4. The van der Waals surface area contributed by atoms with E-state index in [0.717, 1.165) is 38.8 Å². The van der Waals surface area contributed by atoms with Crippen molar-refractivity contribution in [3.8, 4) is 0 Å². The lowest BCUT2D eigenvalue weighted by Crippen LogP contribution is -2.30. The Labute approximate surface area is 124 Å². The fourth-order valence-electron chi connectivity index (χ4n) is 3.72. The Morgan fingerprint density at radius 1 is 1.19 bits per heavy atom. The molecule has 2 heterocycles. The van der Waals surface area contributed by atoms with Gasteiger partial charge in [0.05, 0.1) is 6.42 Å². The third kappa shape index (κ3) is 3.36. The summed E-state index contributed by atoms with van der Waals surface area (Å²) in [6, 6.07) is 0. The van der Waals surface area contributed by atoms with E-state index in [1.807, 2.05) is 0 Å². The molecule has 21 heavy (non-hydrogen) atoms. The van der Waals surface area contributed by atoms with Gasteiger partial charge in [-0.2, -0.15) is 4.98 Å². The van der Waals surface area contributed by atoms with Crippen molar-refractivity contribution in [1.82, 2.24) is 10.1 Å². The number of rotatable bonds is 5. The van der Waals surface area contributed by atoms with Crippen LogP contribution in [-0.4, -0.2) is 34.3 Å². The van der Waals surface area contributed by atoms with Gasteiger partial charge in [-0.05, 0) is 42.7 Å². The van der Waals surface area contributed by atoms with Gasteiger partial charge in [-0.1, -0.05) is 12.8 Å². The lowest BCUT2D eigenvalue weighted by atomic mass is 9.79. The van der Waals surface area contributed by atoms with Crippen molar-refractivity contribution in [2.24, 2.45) is 5.41 Å². The van der Waals surface area contributed by atoms with Gasteiger partial charge in [-0.3, -0.25) is 4.79 Å². The van der Waals surface area contributed by atoms with Crippen LogP contribution in [0.3, 0.4) is 0 Å². The Hall–Kier alpha value is -1.59. The summed E-state index contributed by atoms with van der Waals surface area (Å²) in [5.74, 6) is 0.541. The zero-order valence-electron chi connectivity index (χ0n) is 12.4. The number of aromatic nitrogens is 2. The average Bonchev–Trinajstić information content (AvgIpc) is 3.09. The Kier molecular flexibility index (Phi) is 4.12. The molecule has 1 aromatic heterocycles. The van der Waals surface area contributed by atoms with Gasteiger partial charge < -0.3 is 14.5 Å². The number of carboxylic acids is 1. The minimum absolute atomic E-state index is 0.183. The van der Waals surface area contributed by atoms with Crippen LogP contribution in [0.15, 0.2) is 4.52 Å². The topological polar surface area (TPSA) is 79.5 Å². The number of nitrogens with zero attached hydrogens (tertiary/aromatic N) is 3. The monoisotopic (exact) mass is 293 g/mol. The molecule has 1 aliphatic heterocycles. The molecule has 0 amide bonds. The van der Waals surface area contributed by atoms with E-state index in [4.69, 9.17) is 9.63 Å². The van der Waals surface area contributed by atoms with Crippen molar-refractivity contribution in [3.05, 3.63) is 5.89 Å². The second-order valence-electron chi connectivity index (χ2n) is 6.49. The molecule has 1 N–H and O–H groups in total. The summed E-state index contributed by atoms with van der Waals surface area (Å²) in [4.78, 5) is 17.8. The van der Waals surface area contributed by atoms with E-state index in [-0.39, 0.29) is 11.8 Å². The van der Waals surface area contributed by atoms with Crippen molar-refractivity contribution in [3.63, 3.8) is 0 Å². The van der Waals surface area contributed by atoms with Gasteiger partial charge in [0.2, 0.25) is 5.89 Å². The molecule has 0 aromatic carbocycles. The summed E-state index contributed by atoms with van der Waals surface area (Å²) in [6.07, 6.45) is 8.50. The van der Waals surface area contributed by atoms with E-state index < -0.39 is 5.97 Å². The molecule has 3 rings (SSSR count). The zero-order chi connectivity index (χ0) is 14.7. The highest BCUT2D eigenvalue weighted by atomic mass is 16.5. The van der Waals surface area contributed by atoms with Crippen LogP contribution in [0.2, 0.25) is 0 Å². The number of carbonyl (C=O) groups is 1. The third-order valence-corrected chi connectivity index (χ3v) is 4.81. The van der Waals surface area contributed by atoms with Crippen LogP contribution in [-0.2, 0) is 11.2 Å². The summed E-state index contributed by atoms with van der Waals surface area (Å²) in [7, 11) is 0. The standard InChI is InChI=1S/C15H23N3O3/c19-13(20)11-15(6-2-3-7-15)10-12-16-14(17-21-12)18-8-4-1-5-9-18/h1-11H2,(H,19,20). The number of hydrogen-bond donors (Lipinski definition) is 1. The van der Waals surface area contributed by atoms with Gasteiger partial charge in [0.15, 0.2) is 0 Å². The quantitative estimate of drug-likeness (QED) is 0.899. The first-order valence-corrected chi connectivity index (χ1v) is 7.96. The van der Waals surface area contributed by atoms with Crippen molar-refractivity contribution in [2.45, 2.75) is 57.8 Å². The first-order chi connectivity index (χ1) is 10.2. The number of hydrogen-bond acceptors (Lipinski definition) is 5. The molecular formula is C15H23N3O3. The van der Waals surface area contributed by atoms with Crippen LogP contribution in [0.5, 0.6) is 0 Å². The number of carboxylic acid groups (broad SMARTS) is 1. The fraction of sp³-hybridized carbons (Fsp3) is 0.800. The molecule has 0 unspecified atom stereocenters. The van der Waals surface area contributed by atoms with Gasteiger partial charge in [0.25, 0.3) is 5.95 Å². The first-order valence-electron chi connectivity index (χ1n) is 7.96. The lowest BCUT2D eigenvalue weighted by molar-refractivity contribution is -0.139. The van der Waals surface area contributed by atoms with Gasteiger partial charge >= 0.3 is 5.97 Å². The maximum absolute atomic E-state index is 11.1. The molecular weight excluding hydrogens is 270 g/mol. The van der Waals surface area contributed by atoms with Crippen LogP contribution in [0.25, 0.3) is 0 Å². The molecule has 0 atom stereocenters. The van der Waals surface area contributed by atoms with E-state index in [0.29, 0.717) is 18.3 Å². The van der Waals surface area contributed by atoms with Gasteiger partial charge in [0, 0.05) is 19.5 Å². The maximum Gasteiger partial charge on any atom is 0.303 e. The van der Waals surface area contributed by atoms with Crippen LogP contribution in [0.1, 0.15) is 57.3 Å². The number of aliphatic carboxylic acids is 1. The molecule has 0 radical (unpaired) electrons. The van der Waals surface area contributed by atoms with Crippen molar-refractivity contribution < 1.29 is 14.4 Å². The highest BCUT2D eigenvalue weighted by molar-refractivity contribution is 5.67. The van der Waals surface area contributed by atoms with Crippen LogP contribution < -0.4 is 4.90 Å². The molecule has 1 saturated carbocycles. The molecule has 1 saturated heterocycles. The average molecular weight is 293 g/mol. The molecule has 2 fully saturated rings. The number of anilines is 1. The van der Waals surface area contributed by atoms with Gasteiger partial charge in [-0.25, -0.2) is 0 Å². The molecule has 1 aliphatic carbocycles. The van der Waals surface area contributed by atoms with Crippen molar-refractivity contribution in [2.75, 3.05) is 18.0 Å². The lowest BCUT2D eigenvalue weighted by Gasteiger charge is -2.25. The van der Waals surface area contributed by atoms with E-state index in [1.165, 1.54) is 19.3 Å². The van der Waals surface area contributed by atoms with Gasteiger partial charge in [0.1, 0.15) is 0 Å². The zero-order valence-corrected chi connectivity index (χ0v) is 12.4. The van der Waals surface area contributed by atoms with Crippen LogP contribution in [0.4, 0.5) is 5.95 Å². The summed E-state index contributed by atoms with van der Waals surface area (Å²) < 4.78 is 5.39. The minimum Gasteiger partial charge on any atom is -0.481 e. The fourth-order valence-corrected chi connectivity index (χ4v) is 3.72. The van der Waals surface area contributed by atoms with Crippen LogP contribution >= 0.6 is 0 Å². The summed E-state index contributed by atoms with van der Waals surface area (Å²) in [5.41, 5.74) is -0.183. The second kappa shape index (κ2) is 6.03. The summed E-state index contributed by atoms with van der Waals surface area (Å²) in [5, 5.41) is 13.2. The van der Waals surface area contributed by atoms with Crippen molar-refractivity contribution >= 4 is 11.9 Å². The predicted molar refractivity (Wildman–Crippen MR) is 77.2 cm³/mol. The molecule has 116 valence electrons. The third-order valence-electron chi connectivity index (χ3n) is 4.81. The molecule has 6 nitrogen and oxygen atoms in total. The molecule has 6 heteroatoms. The maximum atomic E-state index is 11.1. The van der Waals surface area contributed by atoms with E-state index >= 15 is 0 Å². The Morgan fingerprint density at radius 2 is 1.90 bits per heavy atom. The minimum atomic E-state index is -0.729. The van der Waals surface area contributed by atoms with Gasteiger partial charge in [-0.15, -0.1) is 0 Å². The Morgan fingerprint density at radius 3 is 2.57 bits per heavy atom. The summed E-state index contributed by atoms with van der Waals surface area (Å²) >= 11 is 0. The number of piperidine rings is 1.